The molecule has 0 fully saturated rings. The van der Waals surface area contributed by atoms with Crippen molar-refractivity contribution in [3.8, 4) is 33.6 Å². The van der Waals surface area contributed by atoms with Crippen LogP contribution >= 0.6 is 0 Å². The number of aromatic amines is 2. The lowest BCUT2D eigenvalue weighted by molar-refractivity contribution is -0.116. The molecule has 0 aliphatic heterocycles. The average Bonchev–Trinajstić information content (AvgIpc) is 3.59. The van der Waals surface area contributed by atoms with Crippen LogP contribution in [0.2, 0.25) is 0 Å². The summed E-state index contributed by atoms with van der Waals surface area (Å²) in [6, 6.07) is 12.1. The van der Waals surface area contributed by atoms with Crippen LogP contribution in [-0.2, 0) is 21.1 Å². The predicted molar refractivity (Wildman–Crippen MR) is 169 cm³/mol. The lowest BCUT2D eigenvalue weighted by Crippen LogP contribution is -2.13. The van der Waals surface area contributed by atoms with Crippen molar-refractivity contribution >= 4 is 43.5 Å². The van der Waals surface area contributed by atoms with Crippen molar-refractivity contribution in [2.75, 3.05) is 17.3 Å². The molecule has 0 spiro atoms. The van der Waals surface area contributed by atoms with Crippen molar-refractivity contribution in [2.24, 2.45) is 5.92 Å². The third kappa shape index (κ3) is 6.35. The van der Waals surface area contributed by atoms with Gasteiger partial charge in [0.1, 0.15) is 21.3 Å². The van der Waals surface area contributed by atoms with Gasteiger partial charge in [0.05, 0.1) is 29.0 Å². The summed E-state index contributed by atoms with van der Waals surface area (Å²) in [6.07, 6.45) is 8.47. The zero-order valence-corrected chi connectivity index (χ0v) is 25.2. The molecule has 0 atom stereocenters. The molecule has 224 valence electrons. The second-order valence-corrected chi connectivity index (χ2v) is 13.6. The van der Waals surface area contributed by atoms with Crippen LogP contribution in [0.4, 0.5) is 10.1 Å². The van der Waals surface area contributed by atoms with Gasteiger partial charge in [-0.05, 0) is 65.4 Å². The normalized spacial score (nSPS) is 11.9. The van der Waals surface area contributed by atoms with Crippen LogP contribution in [0.3, 0.4) is 0 Å². The lowest BCUT2D eigenvalue weighted by Gasteiger charge is -2.08. The quantitative estimate of drug-likeness (QED) is 0.183. The molecule has 0 bridgehead atoms. The molecule has 1 aromatic carbocycles. The minimum absolute atomic E-state index is 0.0635. The van der Waals surface area contributed by atoms with Gasteiger partial charge in [-0.25, -0.2) is 22.8 Å². The molecule has 5 aromatic heterocycles. The van der Waals surface area contributed by atoms with Gasteiger partial charge >= 0.3 is 0 Å². The number of amides is 1. The predicted octanol–water partition coefficient (Wildman–Crippen LogP) is 5.94. The molecule has 3 N–H and O–H groups in total. The summed E-state index contributed by atoms with van der Waals surface area (Å²) in [5, 5.41) is 11.9. The number of fused-ring (bicyclic) bond motifs is 2. The molecular weight excluding hydrogens is 581 g/mol. The van der Waals surface area contributed by atoms with E-state index in [2.05, 4.69) is 35.5 Å². The fraction of sp³-hybridized carbons (Fsp3) is 0.219. The Balaban J connectivity index is 1.36. The molecule has 12 heteroatoms. The standard InChI is InChI=1S/C32H30FN7O3S/c1-18(2)8-29(41)37-24-12-21(15-34-17-24)22-13-27-30(39-40-32(27)36-16-22)28-14-26-25(4-6-35-31(26)38-28)20-9-19(10-23(33)11-20)5-7-44(3,42)43/h4,6,9-18H,5,7-8H2,1-3H3,(H,35,38)(H,37,41)(H,36,39,40). The largest absolute Gasteiger partial charge is 0.338 e. The number of aryl methyl sites for hydroxylation is 1. The summed E-state index contributed by atoms with van der Waals surface area (Å²) < 4.78 is 38.0. The number of rotatable bonds is 9. The van der Waals surface area contributed by atoms with E-state index in [1.165, 1.54) is 18.4 Å². The molecule has 6 aromatic rings. The first-order valence-electron chi connectivity index (χ1n) is 14.1. The van der Waals surface area contributed by atoms with Crippen LogP contribution < -0.4 is 5.32 Å². The topological polar surface area (TPSA) is 146 Å². The second-order valence-electron chi connectivity index (χ2n) is 11.3. The van der Waals surface area contributed by atoms with Crippen molar-refractivity contribution in [3.05, 3.63) is 78.6 Å². The summed E-state index contributed by atoms with van der Waals surface area (Å²) in [4.78, 5) is 29.0. The van der Waals surface area contributed by atoms with Crippen molar-refractivity contribution in [3.63, 3.8) is 0 Å². The first kappa shape index (κ1) is 29.1. The summed E-state index contributed by atoms with van der Waals surface area (Å²) in [5.74, 6) is -0.333. The van der Waals surface area contributed by atoms with E-state index >= 15 is 0 Å². The number of hydrogen-bond donors (Lipinski definition) is 3. The van der Waals surface area contributed by atoms with E-state index in [1.807, 2.05) is 38.1 Å². The zero-order valence-electron chi connectivity index (χ0n) is 24.3. The van der Waals surface area contributed by atoms with Crippen molar-refractivity contribution in [1.29, 1.82) is 0 Å². The van der Waals surface area contributed by atoms with Gasteiger partial charge in [-0.3, -0.25) is 14.9 Å². The molecule has 0 aliphatic rings. The number of benzene rings is 1. The molecule has 0 unspecified atom stereocenters. The highest BCUT2D eigenvalue weighted by molar-refractivity contribution is 7.90. The number of nitrogens with zero attached hydrogens (tertiary/aromatic N) is 4. The van der Waals surface area contributed by atoms with Gasteiger partial charge in [-0.15, -0.1) is 0 Å². The van der Waals surface area contributed by atoms with Gasteiger partial charge < -0.3 is 10.3 Å². The van der Waals surface area contributed by atoms with Crippen LogP contribution in [0, 0.1) is 11.7 Å². The minimum atomic E-state index is -3.19. The van der Waals surface area contributed by atoms with E-state index in [1.54, 1.807) is 30.9 Å². The van der Waals surface area contributed by atoms with Crippen molar-refractivity contribution in [1.82, 2.24) is 30.1 Å². The first-order valence-corrected chi connectivity index (χ1v) is 16.1. The highest BCUT2D eigenvalue weighted by atomic mass is 32.2. The van der Waals surface area contributed by atoms with E-state index in [0.29, 0.717) is 45.9 Å². The SMILES string of the molecule is CC(C)CC(=O)Nc1cncc(-c2cnc3n[nH]c(-c4cc5c(-c6cc(F)cc(CCS(C)(=O)=O)c6)ccnc5[nH]4)c3c2)c1. The summed E-state index contributed by atoms with van der Waals surface area (Å²) >= 11 is 0. The molecule has 44 heavy (non-hydrogen) atoms. The van der Waals surface area contributed by atoms with Gasteiger partial charge in [-0.1, -0.05) is 19.9 Å². The number of halogens is 1. The Hall–Kier alpha value is -4.97. The number of carbonyl (C=O) groups excluding carboxylic acids is 1. The Bertz CT molecular complexity index is 2140. The maximum atomic E-state index is 14.6. The summed E-state index contributed by atoms with van der Waals surface area (Å²) in [7, 11) is -3.19. The molecule has 0 saturated heterocycles. The Morgan fingerprint density at radius 1 is 0.977 bits per heavy atom. The smallest absolute Gasteiger partial charge is 0.224 e. The summed E-state index contributed by atoms with van der Waals surface area (Å²) in [6.45, 7) is 3.98. The first-order chi connectivity index (χ1) is 21.0. The molecule has 6 rings (SSSR count). The van der Waals surface area contributed by atoms with Gasteiger partial charge in [0.25, 0.3) is 0 Å². The van der Waals surface area contributed by atoms with Crippen molar-refractivity contribution in [2.45, 2.75) is 26.7 Å². The Morgan fingerprint density at radius 3 is 2.59 bits per heavy atom. The highest BCUT2D eigenvalue weighted by Gasteiger charge is 2.17. The van der Waals surface area contributed by atoms with Crippen LogP contribution in [0.5, 0.6) is 0 Å². The minimum Gasteiger partial charge on any atom is -0.338 e. The van der Waals surface area contributed by atoms with E-state index in [9.17, 15) is 17.6 Å². The Morgan fingerprint density at radius 2 is 1.80 bits per heavy atom. The van der Waals surface area contributed by atoms with Gasteiger partial charge in [0, 0.05) is 53.2 Å². The number of aromatic nitrogens is 6. The number of nitrogens with one attached hydrogen (secondary N) is 3. The molecular formula is C32H30FN7O3S. The number of anilines is 1. The molecule has 5 heterocycles. The number of H-pyrrole nitrogens is 2. The van der Waals surface area contributed by atoms with E-state index in [-0.39, 0.29) is 24.0 Å². The fourth-order valence-electron chi connectivity index (χ4n) is 5.18. The van der Waals surface area contributed by atoms with Gasteiger partial charge in [-0.2, -0.15) is 5.10 Å². The number of pyridine rings is 3. The van der Waals surface area contributed by atoms with Crippen LogP contribution in [0.15, 0.2) is 67.3 Å². The number of sulfone groups is 1. The number of hydrogen-bond acceptors (Lipinski definition) is 7. The van der Waals surface area contributed by atoms with Crippen LogP contribution in [0.25, 0.3) is 55.7 Å². The molecule has 10 nitrogen and oxygen atoms in total. The average molecular weight is 612 g/mol. The number of carbonyl (C=O) groups is 1. The third-order valence-corrected chi connectivity index (χ3v) is 8.14. The lowest BCUT2D eigenvalue weighted by atomic mass is 10.00. The molecule has 0 aliphatic carbocycles. The molecule has 0 saturated carbocycles. The van der Waals surface area contributed by atoms with E-state index < -0.39 is 15.7 Å². The third-order valence-electron chi connectivity index (χ3n) is 7.19. The molecule has 1 amide bonds. The van der Waals surface area contributed by atoms with Gasteiger partial charge in [0.15, 0.2) is 5.65 Å². The monoisotopic (exact) mass is 611 g/mol. The Kier molecular flexibility index (Phi) is 7.68. The Labute approximate surface area is 253 Å². The maximum absolute atomic E-state index is 14.6. The maximum Gasteiger partial charge on any atom is 0.224 e. The van der Waals surface area contributed by atoms with Crippen LogP contribution in [-0.4, -0.2) is 56.5 Å². The summed E-state index contributed by atoms with van der Waals surface area (Å²) in [5.41, 5.74) is 6.68. The van der Waals surface area contributed by atoms with E-state index in [4.69, 9.17) is 0 Å². The highest BCUT2D eigenvalue weighted by Crippen LogP contribution is 2.35. The van der Waals surface area contributed by atoms with E-state index in [0.717, 1.165) is 27.5 Å². The molecule has 0 radical (unpaired) electrons. The van der Waals surface area contributed by atoms with Gasteiger partial charge in [0.2, 0.25) is 5.91 Å². The fourth-order valence-corrected chi connectivity index (χ4v) is 5.79. The van der Waals surface area contributed by atoms with Crippen LogP contribution in [0.1, 0.15) is 25.8 Å². The second kappa shape index (κ2) is 11.6. The van der Waals surface area contributed by atoms with Crippen molar-refractivity contribution < 1.29 is 17.6 Å². The zero-order chi connectivity index (χ0) is 31.0.